The summed E-state index contributed by atoms with van der Waals surface area (Å²) in [5, 5.41) is 10.3. The van der Waals surface area contributed by atoms with Crippen molar-refractivity contribution < 1.29 is 14.6 Å². The predicted octanol–water partition coefficient (Wildman–Crippen LogP) is 2.23. The highest BCUT2D eigenvalue weighted by atomic mass is 35.5. The monoisotopic (exact) mass is 315 g/mol. The SMILES string of the molecule is O=C(/C=C/c1cc(Cl)cc(Cl)c1)N1CCOCC1CO. The van der Waals surface area contributed by atoms with Crippen molar-refractivity contribution in [3.8, 4) is 0 Å². The molecule has 1 unspecified atom stereocenters. The average Bonchev–Trinajstić information content (AvgIpc) is 2.43. The van der Waals surface area contributed by atoms with E-state index in [1.807, 2.05) is 0 Å². The van der Waals surface area contributed by atoms with E-state index in [-0.39, 0.29) is 18.6 Å². The molecule has 0 saturated carbocycles. The number of carbonyl (C=O) groups excluding carboxylic acids is 1. The molecule has 20 heavy (non-hydrogen) atoms. The van der Waals surface area contributed by atoms with Crippen LogP contribution in [-0.4, -0.2) is 48.3 Å². The summed E-state index contributed by atoms with van der Waals surface area (Å²) in [4.78, 5) is 13.7. The third kappa shape index (κ3) is 3.96. The highest BCUT2D eigenvalue weighted by Gasteiger charge is 2.24. The second-order valence-corrected chi connectivity index (χ2v) is 5.35. The standard InChI is InChI=1S/C14H15Cl2NO3/c15-11-5-10(6-12(16)7-11)1-2-14(19)17-3-4-20-9-13(17)8-18/h1-2,5-7,13,18H,3-4,8-9H2/b2-1+. The van der Waals surface area contributed by atoms with Crippen molar-refractivity contribution >= 4 is 35.2 Å². The number of ether oxygens (including phenoxy) is 1. The number of carbonyl (C=O) groups is 1. The number of amides is 1. The van der Waals surface area contributed by atoms with Gasteiger partial charge in [0.25, 0.3) is 0 Å². The molecule has 1 N–H and O–H groups in total. The number of nitrogens with zero attached hydrogens (tertiary/aromatic N) is 1. The molecule has 6 heteroatoms. The van der Waals surface area contributed by atoms with Crippen molar-refractivity contribution in [3.63, 3.8) is 0 Å². The summed E-state index contributed by atoms with van der Waals surface area (Å²) < 4.78 is 5.23. The third-order valence-corrected chi connectivity index (χ3v) is 3.46. The fraction of sp³-hybridized carbons (Fsp3) is 0.357. The molecule has 0 spiro atoms. The Bertz CT molecular complexity index is 499. The molecule has 1 aliphatic rings. The maximum absolute atomic E-state index is 12.1. The number of benzene rings is 1. The van der Waals surface area contributed by atoms with E-state index in [1.54, 1.807) is 29.2 Å². The summed E-state index contributed by atoms with van der Waals surface area (Å²) in [5.41, 5.74) is 0.754. The number of halogens is 2. The van der Waals surface area contributed by atoms with Crippen molar-refractivity contribution in [2.75, 3.05) is 26.4 Å². The van der Waals surface area contributed by atoms with Crippen LogP contribution >= 0.6 is 23.2 Å². The Morgan fingerprint density at radius 1 is 1.40 bits per heavy atom. The summed E-state index contributed by atoms with van der Waals surface area (Å²) >= 11 is 11.8. The van der Waals surface area contributed by atoms with Crippen molar-refractivity contribution in [1.82, 2.24) is 4.90 Å². The van der Waals surface area contributed by atoms with E-state index in [9.17, 15) is 9.90 Å². The van der Waals surface area contributed by atoms with Crippen LogP contribution in [0, 0.1) is 0 Å². The van der Waals surface area contributed by atoms with Crippen LogP contribution in [0.15, 0.2) is 24.3 Å². The molecule has 108 valence electrons. The normalized spacial score (nSPS) is 19.6. The maximum atomic E-state index is 12.1. The van der Waals surface area contributed by atoms with E-state index in [2.05, 4.69) is 0 Å². The van der Waals surface area contributed by atoms with Crippen molar-refractivity contribution in [2.24, 2.45) is 0 Å². The Morgan fingerprint density at radius 2 is 2.10 bits per heavy atom. The first-order chi connectivity index (χ1) is 9.60. The molecule has 1 aliphatic heterocycles. The first kappa shape index (κ1) is 15.3. The zero-order valence-electron chi connectivity index (χ0n) is 10.8. The van der Waals surface area contributed by atoms with Gasteiger partial charge in [0.1, 0.15) is 0 Å². The van der Waals surface area contributed by atoms with Crippen LogP contribution in [-0.2, 0) is 9.53 Å². The minimum atomic E-state index is -0.288. The van der Waals surface area contributed by atoms with E-state index >= 15 is 0 Å². The molecule has 1 fully saturated rings. The molecular formula is C14H15Cl2NO3. The number of aliphatic hydroxyl groups excluding tert-OH is 1. The van der Waals surface area contributed by atoms with Gasteiger partial charge in [-0.2, -0.15) is 0 Å². The maximum Gasteiger partial charge on any atom is 0.247 e. The Hall–Kier alpha value is -1.07. The zero-order valence-corrected chi connectivity index (χ0v) is 12.3. The van der Waals surface area contributed by atoms with Crippen LogP contribution in [0.5, 0.6) is 0 Å². The molecule has 1 aromatic carbocycles. The van der Waals surface area contributed by atoms with Gasteiger partial charge < -0.3 is 14.7 Å². The number of rotatable bonds is 3. The number of hydrogen-bond acceptors (Lipinski definition) is 3. The van der Waals surface area contributed by atoms with Gasteiger partial charge in [-0.25, -0.2) is 0 Å². The van der Waals surface area contributed by atoms with Gasteiger partial charge in [0.05, 0.1) is 25.9 Å². The van der Waals surface area contributed by atoms with Crippen LogP contribution in [0.2, 0.25) is 10.0 Å². The van der Waals surface area contributed by atoms with E-state index < -0.39 is 0 Å². The fourth-order valence-electron chi connectivity index (χ4n) is 2.03. The van der Waals surface area contributed by atoms with E-state index in [0.717, 1.165) is 5.56 Å². The van der Waals surface area contributed by atoms with Gasteiger partial charge in [0.2, 0.25) is 5.91 Å². The van der Waals surface area contributed by atoms with Crippen LogP contribution in [0.4, 0.5) is 0 Å². The van der Waals surface area contributed by atoms with Crippen LogP contribution in [0.1, 0.15) is 5.56 Å². The summed E-state index contributed by atoms with van der Waals surface area (Å²) in [5.74, 6) is -0.163. The van der Waals surface area contributed by atoms with Crippen molar-refractivity contribution in [2.45, 2.75) is 6.04 Å². The molecule has 0 aromatic heterocycles. The number of aliphatic hydroxyl groups is 1. The van der Waals surface area contributed by atoms with Crippen LogP contribution < -0.4 is 0 Å². The first-order valence-corrected chi connectivity index (χ1v) is 6.99. The molecule has 0 radical (unpaired) electrons. The molecular weight excluding hydrogens is 301 g/mol. The highest BCUT2D eigenvalue weighted by Crippen LogP contribution is 2.20. The van der Waals surface area contributed by atoms with Gasteiger partial charge in [-0.05, 0) is 29.8 Å². The Kier molecular flexibility index (Phi) is 5.43. The predicted molar refractivity (Wildman–Crippen MR) is 78.9 cm³/mol. The molecule has 4 nitrogen and oxygen atoms in total. The molecule has 0 bridgehead atoms. The molecule has 1 heterocycles. The van der Waals surface area contributed by atoms with E-state index in [0.29, 0.717) is 29.8 Å². The second-order valence-electron chi connectivity index (χ2n) is 4.48. The molecule has 2 rings (SSSR count). The van der Waals surface area contributed by atoms with Gasteiger partial charge >= 0.3 is 0 Å². The zero-order chi connectivity index (χ0) is 14.5. The Morgan fingerprint density at radius 3 is 2.75 bits per heavy atom. The number of morpholine rings is 1. The van der Waals surface area contributed by atoms with Crippen molar-refractivity contribution in [1.29, 1.82) is 0 Å². The summed E-state index contributed by atoms with van der Waals surface area (Å²) in [6, 6.07) is 4.79. The summed E-state index contributed by atoms with van der Waals surface area (Å²) in [6.45, 7) is 1.21. The highest BCUT2D eigenvalue weighted by molar-refractivity contribution is 6.34. The molecule has 0 aliphatic carbocycles. The van der Waals surface area contributed by atoms with Crippen LogP contribution in [0.3, 0.4) is 0 Å². The van der Waals surface area contributed by atoms with Gasteiger partial charge in [-0.15, -0.1) is 0 Å². The molecule has 1 aromatic rings. The number of hydrogen-bond donors (Lipinski definition) is 1. The summed E-state index contributed by atoms with van der Waals surface area (Å²) in [7, 11) is 0. The third-order valence-electron chi connectivity index (χ3n) is 3.02. The average molecular weight is 316 g/mol. The first-order valence-electron chi connectivity index (χ1n) is 6.23. The van der Waals surface area contributed by atoms with Gasteiger partial charge in [0, 0.05) is 22.7 Å². The topological polar surface area (TPSA) is 49.8 Å². The van der Waals surface area contributed by atoms with Crippen LogP contribution in [0.25, 0.3) is 6.08 Å². The fourth-order valence-corrected chi connectivity index (χ4v) is 2.57. The van der Waals surface area contributed by atoms with Gasteiger partial charge in [-0.1, -0.05) is 23.2 Å². The minimum absolute atomic E-state index is 0.109. The molecule has 1 saturated heterocycles. The Labute approximate surface area is 127 Å². The largest absolute Gasteiger partial charge is 0.394 e. The Balaban J connectivity index is 2.07. The van der Waals surface area contributed by atoms with Crippen molar-refractivity contribution in [3.05, 3.63) is 39.9 Å². The van der Waals surface area contributed by atoms with Gasteiger partial charge in [-0.3, -0.25) is 4.79 Å². The lowest BCUT2D eigenvalue weighted by Crippen LogP contribution is -2.49. The molecule has 1 atom stereocenters. The quantitative estimate of drug-likeness (QED) is 0.870. The molecule has 1 amide bonds. The lowest BCUT2D eigenvalue weighted by molar-refractivity contribution is -0.136. The second kappa shape index (κ2) is 7.09. The summed E-state index contributed by atoms with van der Waals surface area (Å²) in [6.07, 6.45) is 3.11. The lowest BCUT2D eigenvalue weighted by Gasteiger charge is -2.33. The van der Waals surface area contributed by atoms with E-state index in [4.69, 9.17) is 27.9 Å². The smallest absolute Gasteiger partial charge is 0.247 e. The van der Waals surface area contributed by atoms with E-state index in [1.165, 1.54) is 6.08 Å². The van der Waals surface area contributed by atoms with Gasteiger partial charge in [0.15, 0.2) is 0 Å². The lowest BCUT2D eigenvalue weighted by atomic mass is 10.2. The minimum Gasteiger partial charge on any atom is -0.394 e.